The molecular weight excluding hydrogens is 364 g/mol. The Morgan fingerprint density at radius 1 is 1.30 bits per heavy atom. The van der Waals surface area contributed by atoms with Gasteiger partial charge in [-0.05, 0) is 56.5 Å². The van der Waals surface area contributed by atoms with E-state index in [0.29, 0.717) is 23.9 Å². The van der Waals surface area contributed by atoms with Gasteiger partial charge in [-0.3, -0.25) is 4.79 Å². The lowest BCUT2D eigenvalue weighted by atomic mass is 9.94. The molecule has 0 spiro atoms. The van der Waals surface area contributed by atoms with E-state index in [-0.39, 0.29) is 16.7 Å². The second kappa shape index (κ2) is 6.65. The van der Waals surface area contributed by atoms with E-state index in [9.17, 15) is 13.2 Å². The molecule has 2 N–H and O–H groups in total. The van der Waals surface area contributed by atoms with Gasteiger partial charge in [-0.1, -0.05) is 0 Å². The summed E-state index contributed by atoms with van der Waals surface area (Å²) >= 11 is 0. The Labute approximate surface area is 158 Å². The monoisotopic (exact) mass is 386 g/mol. The van der Waals surface area contributed by atoms with Crippen molar-refractivity contribution in [1.29, 1.82) is 0 Å². The van der Waals surface area contributed by atoms with Crippen molar-refractivity contribution < 1.29 is 17.6 Å². The standard InChI is InChI=1S/C20H22N2O4S/c1-12-9-15-17(21-16-6-3-7-18(23)20(15)16)11-19(12)27(24,25)22-13(2)10-14-5-4-8-26-14/h4-5,8-9,11,13,21-22H,3,6-7,10H2,1-2H3. The van der Waals surface area contributed by atoms with Crippen LogP contribution < -0.4 is 4.72 Å². The zero-order valence-corrected chi connectivity index (χ0v) is 16.2. The fourth-order valence-electron chi connectivity index (χ4n) is 3.83. The minimum absolute atomic E-state index is 0.128. The summed E-state index contributed by atoms with van der Waals surface area (Å²) in [6.07, 6.45) is 4.23. The van der Waals surface area contributed by atoms with Crippen LogP contribution >= 0.6 is 0 Å². The molecule has 7 heteroatoms. The van der Waals surface area contributed by atoms with Crippen molar-refractivity contribution >= 4 is 26.7 Å². The largest absolute Gasteiger partial charge is 0.469 e. The van der Waals surface area contributed by atoms with Crippen LogP contribution in [0.5, 0.6) is 0 Å². The molecule has 0 bridgehead atoms. The summed E-state index contributed by atoms with van der Waals surface area (Å²) in [5.41, 5.74) is 2.96. The number of rotatable bonds is 5. The van der Waals surface area contributed by atoms with Crippen molar-refractivity contribution in [2.24, 2.45) is 0 Å². The summed E-state index contributed by atoms with van der Waals surface area (Å²) in [6.45, 7) is 3.57. The van der Waals surface area contributed by atoms with Crippen LogP contribution in [-0.4, -0.2) is 25.2 Å². The Kier molecular flexibility index (Phi) is 4.44. The number of aromatic amines is 1. The van der Waals surface area contributed by atoms with Crippen LogP contribution in [0.3, 0.4) is 0 Å². The van der Waals surface area contributed by atoms with Crippen LogP contribution in [-0.2, 0) is 22.9 Å². The first-order chi connectivity index (χ1) is 12.8. The van der Waals surface area contributed by atoms with Crippen molar-refractivity contribution in [2.75, 3.05) is 0 Å². The number of hydrogen-bond acceptors (Lipinski definition) is 4. The lowest BCUT2D eigenvalue weighted by molar-refractivity contribution is 0.0974. The molecule has 27 heavy (non-hydrogen) atoms. The van der Waals surface area contributed by atoms with Gasteiger partial charge in [0, 0.05) is 41.0 Å². The van der Waals surface area contributed by atoms with Gasteiger partial charge < -0.3 is 9.40 Å². The number of nitrogens with one attached hydrogen (secondary N) is 2. The molecule has 1 aliphatic rings. The normalized spacial score (nSPS) is 15.9. The first kappa shape index (κ1) is 18.0. The van der Waals surface area contributed by atoms with E-state index in [4.69, 9.17) is 4.42 Å². The summed E-state index contributed by atoms with van der Waals surface area (Å²) < 4.78 is 33.8. The van der Waals surface area contributed by atoms with E-state index in [0.717, 1.165) is 35.2 Å². The van der Waals surface area contributed by atoms with E-state index >= 15 is 0 Å². The highest BCUT2D eigenvalue weighted by molar-refractivity contribution is 7.89. The predicted octanol–water partition coefficient (Wildman–Crippen LogP) is 3.50. The van der Waals surface area contributed by atoms with Crippen molar-refractivity contribution in [3.63, 3.8) is 0 Å². The second-order valence-electron chi connectivity index (χ2n) is 7.22. The number of carbonyl (C=O) groups excluding carboxylic acids is 1. The molecule has 0 fully saturated rings. The van der Waals surface area contributed by atoms with Gasteiger partial charge in [0.25, 0.3) is 0 Å². The van der Waals surface area contributed by atoms with E-state index in [1.807, 2.05) is 6.07 Å². The van der Waals surface area contributed by atoms with E-state index < -0.39 is 10.0 Å². The number of hydrogen-bond donors (Lipinski definition) is 2. The molecule has 6 nitrogen and oxygen atoms in total. The van der Waals surface area contributed by atoms with E-state index in [1.165, 1.54) is 0 Å². The molecule has 0 saturated carbocycles. The number of H-pyrrole nitrogens is 1. The Balaban J connectivity index is 1.68. The molecule has 2 heterocycles. The van der Waals surface area contributed by atoms with Crippen LogP contribution in [0.2, 0.25) is 0 Å². The summed E-state index contributed by atoms with van der Waals surface area (Å²) in [5, 5.41) is 0.815. The number of carbonyl (C=O) groups is 1. The molecular formula is C20H22N2O4S. The maximum absolute atomic E-state index is 12.9. The van der Waals surface area contributed by atoms with Crippen molar-refractivity contribution in [2.45, 2.75) is 50.5 Å². The fraction of sp³-hybridized carbons (Fsp3) is 0.350. The highest BCUT2D eigenvalue weighted by Crippen LogP contribution is 2.32. The molecule has 1 aromatic carbocycles. The molecule has 4 rings (SSSR count). The van der Waals surface area contributed by atoms with E-state index in [2.05, 4.69) is 9.71 Å². The minimum Gasteiger partial charge on any atom is -0.469 e. The maximum Gasteiger partial charge on any atom is 0.241 e. The van der Waals surface area contributed by atoms with Crippen molar-refractivity contribution in [3.8, 4) is 0 Å². The predicted molar refractivity (Wildman–Crippen MR) is 102 cm³/mol. The van der Waals surface area contributed by atoms with Crippen LogP contribution in [0.1, 0.15) is 47.1 Å². The van der Waals surface area contributed by atoms with Crippen LogP contribution in [0, 0.1) is 6.92 Å². The van der Waals surface area contributed by atoms with Gasteiger partial charge in [0.15, 0.2) is 5.78 Å². The highest BCUT2D eigenvalue weighted by atomic mass is 32.2. The molecule has 1 atom stereocenters. The molecule has 0 saturated heterocycles. The number of sulfonamides is 1. The first-order valence-electron chi connectivity index (χ1n) is 9.08. The zero-order chi connectivity index (χ0) is 19.2. The van der Waals surface area contributed by atoms with Crippen LogP contribution in [0.15, 0.2) is 39.8 Å². The summed E-state index contributed by atoms with van der Waals surface area (Å²) in [5.74, 6) is 0.857. The lowest BCUT2D eigenvalue weighted by Gasteiger charge is -2.15. The number of furan rings is 1. The lowest BCUT2D eigenvalue weighted by Crippen LogP contribution is -2.34. The van der Waals surface area contributed by atoms with Gasteiger partial charge in [0.1, 0.15) is 5.76 Å². The summed E-state index contributed by atoms with van der Waals surface area (Å²) in [7, 11) is -3.70. The Morgan fingerprint density at radius 3 is 2.85 bits per heavy atom. The van der Waals surface area contributed by atoms with Gasteiger partial charge >= 0.3 is 0 Å². The number of fused-ring (bicyclic) bond motifs is 3. The van der Waals surface area contributed by atoms with E-state index in [1.54, 1.807) is 38.3 Å². The third kappa shape index (κ3) is 3.33. The Bertz CT molecular complexity index is 1110. The average Bonchev–Trinajstić information content (AvgIpc) is 3.21. The minimum atomic E-state index is -3.70. The van der Waals surface area contributed by atoms with Gasteiger partial charge in [-0.15, -0.1) is 0 Å². The molecule has 1 unspecified atom stereocenters. The Morgan fingerprint density at radius 2 is 2.11 bits per heavy atom. The van der Waals surface area contributed by atoms with Gasteiger partial charge in [-0.25, -0.2) is 13.1 Å². The number of ketones is 1. The first-order valence-corrected chi connectivity index (χ1v) is 10.6. The molecule has 3 aromatic rings. The van der Waals surface area contributed by atoms with Crippen molar-refractivity contribution in [1.82, 2.24) is 9.71 Å². The number of Topliss-reactive ketones (excluding diaryl/α,β-unsaturated/α-hetero) is 1. The molecule has 142 valence electrons. The fourth-order valence-corrected chi connectivity index (χ4v) is 5.33. The third-order valence-corrected chi connectivity index (χ3v) is 6.75. The summed E-state index contributed by atoms with van der Waals surface area (Å²) in [6, 6.07) is 6.73. The molecule has 2 aromatic heterocycles. The number of aryl methyl sites for hydroxylation is 2. The quantitative estimate of drug-likeness (QED) is 0.702. The number of benzene rings is 1. The van der Waals surface area contributed by atoms with Gasteiger partial charge in [-0.2, -0.15) is 0 Å². The molecule has 0 amide bonds. The zero-order valence-electron chi connectivity index (χ0n) is 15.3. The van der Waals surface area contributed by atoms with Crippen LogP contribution in [0.4, 0.5) is 0 Å². The van der Waals surface area contributed by atoms with Crippen molar-refractivity contribution in [3.05, 3.63) is 53.1 Å². The average molecular weight is 386 g/mol. The van der Waals surface area contributed by atoms with Crippen LogP contribution in [0.25, 0.3) is 10.9 Å². The smallest absolute Gasteiger partial charge is 0.241 e. The van der Waals surface area contributed by atoms with Gasteiger partial charge in [0.2, 0.25) is 10.0 Å². The second-order valence-corrected chi connectivity index (χ2v) is 8.91. The van der Waals surface area contributed by atoms with Gasteiger partial charge in [0.05, 0.1) is 11.2 Å². The molecule has 0 aliphatic heterocycles. The maximum atomic E-state index is 12.9. The Hall–Kier alpha value is -2.38. The topological polar surface area (TPSA) is 92.2 Å². The third-order valence-electron chi connectivity index (χ3n) is 5.01. The summed E-state index contributed by atoms with van der Waals surface area (Å²) in [4.78, 5) is 15.8. The highest BCUT2D eigenvalue weighted by Gasteiger charge is 2.26. The molecule has 0 radical (unpaired) electrons. The SMILES string of the molecule is Cc1cc2c3c([nH]c2cc1S(=O)(=O)NC(C)Cc1ccco1)CCCC3=O. The molecule has 1 aliphatic carbocycles. The number of aromatic nitrogens is 1.